The number of halogens is 5. The first-order valence-corrected chi connectivity index (χ1v) is 16.4. The topological polar surface area (TPSA) is 43.7 Å². The Kier molecular flexibility index (Phi) is 10.9. The van der Waals surface area contributed by atoms with E-state index < -0.39 is 18.5 Å². The molecule has 42 heavy (non-hydrogen) atoms. The summed E-state index contributed by atoms with van der Waals surface area (Å²) in [6.45, 7) is 6.22. The van der Waals surface area contributed by atoms with Gasteiger partial charge < -0.3 is 15.1 Å². The molecular formula is C34H52F5NO2. The standard InChI is InChI=1S/C34H52F5NO2/c1-23-20-27-25(22-29(23)41)21-24(31-26(27)15-17-32(2)28(31)13-14-30(32)42)12-8-7-11-19-40(3)18-10-6-4-5-9-16-33(35,36)34(37,38)39/h20,22,24,26,28,30-31,41-42H,4-19,21H2,1-3H3/t24-,26-,28+,30+,31-,32+/m1/s1. The van der Waals surface area contributed by atoms with Gasteiger partial charge in [-0.05, 0) is 137 Å². The van der Waals surface area contributed by atoms with E-state index in [2.05, 4.69) is 24.9 Å². The minimum atomic E-state index is -5.44. The van der Waals surface area contributed by atoms with Crippen LogP contribution in [-0.4, -0.2) is 53.5 Å². The fourth-order valence-corrected chi connectivity index (χ4v) is 8.66. The molecule has 2 N–H and O–H groups in total. The lowest BCUT2D eigenvalue weighted by atomic mass is 9.52. The summed E-state index contributed by atoms with van der Waals surface area (Å²) in [5.74, 6) is -1.92. The quantitative estimate of drug-likeness (QED) is 0.165. The highest BCUT2D eigenvalue weighted by Gasteiger charge is 2.57. The zero-order chi connectivity index (χ0) is 30.7. The minimum absolute atomic E-state index is 0.0275. The molecule has 0 spiro atoms. The zero-order valence-corrected chi connectivity index (χ0v) is 25.8. The number of rotatable bonds is 14. The monoisotopic (exact) mass is 601 g/mol. The van der Waals surface area contributed by atoms with E-state index in [1.165, 1.54) is 24.0 Å². The number of phenols is 1. The number of hydrogen-bond acceptors (Lipinski definition) is 3. The van der Waals surface area contributed by atoms with Gasteiger partial charge in [0.1, 0.15) is 5.75 Å². The van der Waals surface area contributed by atoms with Crippen molar-refractivity contribution in [1.29, 1.82) is 0 Å². The van der Waals surface area contributed by atoms with Crippen LogP contribution >= 0.6 is 0 Å². The molecule has 0 heterocycles. The summed E-state index contributed by atoms with van der Waals surface area (Å²) in [6, 6.07) is 4.24. The van der Waals surface area contributed by atoms with Crippen LogP contribution in [0.1, 0.15) is 119 Å². The lowest BCUT2D eigenvalue weighted by molar-refractivity contribution is -0.284. The SMILES string of the molecule is Cc1cc2c(cc1O)C[C@@H](CCCCCN(C)CCCCCCCC(F)(F)C(F)(F)F)[C@@H]1[C@@H]2CC[C@]2(C)[C@@H](O)CC[C@@H]12. The molecule has 1 aromatic carbocycles. The van der Waals surface area contributed by atoms with Gasteiger partial charge in [0.2, 0.25) is 0 Å². The Labute approximate surface area is 249 Å². The van der Waals surface area contributed by atoms with Crippen LogP contribution in [0.5, 0.6) is 5.75 Å². The third kappa shape index (κ3) is 7.44. The molecule has 6 atom stereocenters. The molecule has 1 aromatic rings. The third-order valence-corrected chi connectivity index (χ3v) is 11.2. The van der Waals surface area contributed by atoms with Gasteiger partial charge >= 0.3 is 12.1 Å². The normalized spacial score (nSPS) is 29.4. The molecule has 0 radical (unpaired) electrons. The summed E-state index contributed by atoms with van der Waals surface area (Å²) in [6.07, 6.45) is 5.86. The molecule has 0 unspecified atom stereocenters. The number of fused-ring (bicyclic) bond motifs is 5. The van der Waals surface area contributed by atoms with Crippen LogP contribution < -0.4 is 0 Å². The van der Waals surface area contributed by atoms with Gasteiger partial charge in [-0.15, -0.1) is 0 Å². The number of aliphatic hydroxyl groups excluding tert-OH is 1. The van der Waals surface area contributed by atoms with Crippen molar-refractivity contribution in [2.45, 2.75) is 134 Å². The van der Waals surface area contributed by atoms with Crippen molar-refractivity contribution >= 4 is 0 Å². The minimum Gasteiger partial charge on any atom is -0.508 e. The summed E-state index contributed by atoms with van der Waals surface area (Å²) in [5.41, 5.74) is 3.75. The van der Waals surface area contributed by atoms with Gasteiger partial charge in [0, 0.05) is 6.42 Å². The Morgan fingerprint density at radius 3 is 2.24 bits per heavy atom. The fourth-order valence-electron chi connectivity index (χ4n) is 8.66. The van der Waals surface area contributed by atoms with Crippen molar-refractivity contribution in [2.75, 3.05) is 20.1 Å². The van der Waals surface area contributed by atoms with E-state index in [4.69, 9.17) is 0 Å². The highest BCUT2D eigenvalue weighted by molar-refractivity contribution is 5.45. The van der Waals surface area contributed by atoms with E-state index in [1.807, 2.05) is 13.0 Å². The smallest absolute Gasteiger partial charge is 0.453 e. The number of aryl methyl sites for hydroxylation is 1. The van der Waals surface area contributed by atoms with Crippen LogP contribution in [0.15, 0.2) is 12.1 Å². The van der Waals surface area contributed by atoms with E-state index in [0.717, 1.165) is 76.4 Å². The van der Waals surface area contributed by atoms with E-state index in [1.54, 1.807) is 0 Å². The van der Waals surface area contributed by atoms with Gasteiger partial charge in [-0.1, -0.05) is 45.1 Å². The molecule has 4 rings (SSSR count). The van der Waals surface area contributed by atoms with E-state index >= 15 is 0 Å². The molecule has 3 aliphatic rings. The number of benzene rings is 1. The predicted octanol–water partition coefficient (Wildman–Crippen LogP) is 9.17. The maximum absolute atomic E-state index is 13.0. The van der Waals surface area contributed by atoms with Gasteiger partial charge in [0.05, 0.1) is 6.10 Å². The highest BCUT2D eigenvalue weighted by atomic mass is 19.4. The van der Waals surface area contributed by atoms with Gasteiger partial charge in [-0.2, -0.15) is 22.0 Å². The Balaban J connectivity index is 1.18. The second kappa shape index (κ2) is 13.7. The van der Waals surface area contributed by atoms with Crippen LogP contribution in [0.2, 0.25) is 0 Å². The lowest BCUT2D eigenvalue weighted by Gasteiger charge is -2.53. The van der Waals surface area contributed by atoms with Crippen molar-refractivity contribution in [2.24, 2.45) is 23.2 Å². The molecule has 2 saturated carbocycles. The van der Waals surface area contributed by atoms with Crippen molar-refractivity contribution in [1.82, 2.24) is 4.90 Å². The molecule has 0 saturated heterocycles. The summed E-state index contributed by atoms with van der Waals surface area (Å²) in [4.78, 5) is 2.29. The zero-order valence-electron chi connectivity index (χ0n) is 25.8. The highest BCUT2D eigenvalue weighted by Crippen LogP contribution is 2.63. The summed E-state index contributed by atoms with van der Waals surface area (Å²) < 4.78 is 62.7. The van der Waals surface area contributed by atoms with Gasteiger partial charge in [0.25, 0.3) is 0 Å². The number of aliphatic hydroxyl groups is 1. The first kappa shape index (κ1) is 33.5. The Hall–Kier alpha value is -1.41. The maximum Gasteiger partial charge on any atom is 0.453 e. The van der Waals surface area contributed by atoms with Crippen LogP contribution in [0.4, 0.5) is 22.0 Å². The van der Waals surface area contributed by atoms with E-state index in [9.17, 15) is 32.2 Å². The molecule has 240 valence electrons. The average Bonchev–Trinajstić information content (AvgIpc) is 3.22. The summed E-state index contributed by atoms with van der Waals surface area (Å²) in [5, 5.41) is 21.4. The molecule has 3 nitrogen and oxygen atoms in total. The Morgan fingerprint density at radius 1 is 0.905 bits per heavy atom. The second-order valence-electron chi connectivity index (χ2n) is 14.1. The maximum atomic E-state index is 13.0. The largest absolute Gasteiger partial charge is 0.508 e. The Morgan fingerprint density at radius 2 is 1.55 bits per heavy atom. The molecule has 0 bridgehead atoms. The van der Waals surface area contributed by atoms with Crippen molar-refractivity contribution in [3.63, 3.8) is 0 Å². The number of aromatic hydroxyl groups is 1. The predicted molar refractivity (Wildman–Crippen MR) is 157 cm³/mol. The molecule has 0 aliphatic heterocycles. The molecule has 3 aliphatic carbocycles. The average molecular weight is 602 g/mol. The second-order valence-corrected chi connectivity index (χ2v) is 14.1. The number of hydrogen-bond donors (Lipinski definition) is 2. The first-order chi connectivity index (χ1) is 19.7. The van der Waals surface area contributed by atoms with Crippen molar-refractivity contribution in [3.05, 3.63) is 28.8 Å². The third-order valence-electron chi connectivity index (χ3n) is 11.2. The molecular weight excluding hydrogens is 549 g/mol. The van der Waals surface area contributed by atoms with Crippen LogP contribution in [0.3, 0.4) is 0 Å². The summed E-state index contributed by atoms with van der Waals surface area (Å²) in [7, 11) is 2.09. The Bertz CT molecular complexity index is 1030. The van der Waals surface area contributed by atoms with Gasteiger partial charge in [-0.3, -0.25) is 0 Å². The number of phenolic OH excluding ortho intramolecular Hbond substituents is 1. The number of nitrogens with zero attached hydrogens (tertiary/aromatic N) is 1. The summed E-state index contributed by atoms with van der Waals surface area (Å²) >= 11 is 0. The lowest BCUT2D eigenvalue weighted by Crippen LogP contribution is -2.47. The van der Waals surface area contributed by atoms with Crippen molar-refractivity contribution < 1.29 is 32.2 Å². The molecule has 0 amide bonds. The first-order valence-electron chi connectivity index (χ1n) is 16.4. The number of unbranched alkanes of at least 4 members (excludes halogenated alkanes) is 6. The van der Waals surface area contributed by atoms with Crippen LogP contribution in [0, 0.1) is 30.1 Å². The molecule has 8 heteroatoms. The fraction of sp³-hybridized carbons (Fsp3) is 0.824. The van der Waals surface area contributed by atoms with Crippen LogP contribution in [-0.2, 0) is 6.42 Å². The van der Waals surface area contributed by atoms with E-state index in [0.29, 0.717) is 42.3 Å². The van der Waals surface area contributed by atoms with Gasteiger partial charge in [0.15, 0.2) is 0 Å². The van der Waals surface area contributed by atoms with Crippen LogP contribution in [0.25, 0.3) is 0 Å². The van der Waals surface area contributed by atoms with Gasteiger partial charge in [-0.25, -0.2) is 0 Å². The molecule has 2 fully saturated rings. The number of alkyl halides is 5. The van der Waals surface area contributed by atoms with Crippen molar-refractivity contribution in [3.8, 4) is 5.75 Å². The van der Waals surface area contributed by atoms with E-state index in [-0.39, 0.29) is 17.9 Å². The molecule has 0 aromatic heterocycles.